The molecule has 0 unspecified atom stereocenters. The summed E-state index contributed by atoms with van der Waals surface area (Å²) in [5, 5.41) is 17.9. The number of piperazine rings is 1. The molecule has 2 aromatic rings. The Bertz CT molecular complexity index is 682. The fourth-order valence-corrected chi connectivity index (χ4v) is 2.75. The number of hydrogen-bond acceptors (Lipinski definition) is 5. The largest absolute Gasteiger partial charge is 0.395 e. The minimum atomic E-state index is -0.123. The van der Waals surface area contributed by atoms with Gasteiger partial charge in [0.2, 0.25) is 0 Å². The number of halogens is 1. The van der Waals surface area contributed by atoms with E-state index in [1.54, 1.807) is 17.0 Å². The summed E-state index contributed by atoms with van der Waals surface area (Å²) in [5.41, 5.74) is 1.03. The second-order valence-corrected chi connectivity index (χ2v) is 5.79. The van der Waals surface area contributed by atoms with E-state index in [9.17, 15) is 4.79 Å². The Kier molecular flexibility index (Phi) is 4.90. The molecule has 23 heavy (non-hydrogen) atoms. The lowest BCUT2D eigenvalue weighted by molar-refractivity contribution is 0.0609. The van der Waals surface area contributed by atoms with Gasteiger partial charge in [-0.3, -0.25) is 9.69 Å². The van der Waals surface area contributed by atoms with Crippen LogP contribution in [0.4, 0.5) is 0 Å². The highest BCUT2D eigenvalue weighted by Gasteiger charge is 2.23. The van der Waals surface area contributed by atoms with Crippen molar-refractivity contribution >= 4 is 17.5 Å². The van der Waals surface area contributed by atoms with Gasteiger partial charge in [-0.2, -0.15) is 9.90 Å². The summed E-state index contributed by atoms with van der Waals surface area (Å²) in [7, 11) is 0. The van der Waals surface area contributed by atoms with Crippen LogP contribution in [0.2, 0.25) is 5.02 Å². The molecule has 0 saturated carbocycles. The standard InChI is InChI=1S/C15H18ClN5O2/c16-12-2-1-3-13(10-12)21-17-11-14(18-21)15(23)20-6-4-19(5-7-20)8-9-22/h1-3,10-11,22H,4-9H2. The van der Waals surface area contributed by atoms with Gasteiger partial charge in [0, 0.05) is 37.7 Å². The number of aromatic nitrogens is 3. The van der Waals surface area contributed by atoms with E-state index in [0.717, 1.165) is 13.1 Å². The molecule has 1 aromatic heterocycles. The Balaban J connectivity index is 1.67. The molecule has 1 saturated heterocycles. The van der Waals surface area contributed by atoms with Gasteiger partial charge >= 0.3 is 0 Å². The summed E-state index contributed by atoms with van der Waals surface area (Å²) < 4.78 is 0. The lowest BCUT2D eigenvalue weighted by Gasteiger charge is -2.33. The van der Waals surface area contributed by atoms with Crippen molar-refractivity contribution in [2.75, 3.05) is 39.3 Å². The van der Waals surface area contributed by atoms with E-state index in [1.165, 1.54) is 11.0 Å². The van der Waals surface area contributed by atoms with Crippen LogP contribution in [0.3, 0.4) is 0 Å². The number of carbonyl (C=O) groups excluding carboxylic acids is 1. The highest BCUT2D eigenvalue weighted by atomic mass is 35.5. The van der Waals surface area contributed by atoms with Gasteiger partial charge in [0.15, 0.2) is 5.69 Å². The van der Waals surface area contributed by atoms with Crippen molar-refractivity contribution in [2.45, 2.75) is 0 Å². The topological polar surface area (TPSA) is 74.5 Å². The van der Waals surface area contributed by atoms with E-state index in [2.05, 4.69) is 15.1 Å². The fraction of sp³-hybridized carbons (Fsp3) is 0.400. The summed E-state index contributed by atoms with van der Waals surface area (Å²) in [6.07, 6.45) is 1.48. The molecule has 122 valence electrons. The van der Waals surface area contributed by atoms with Crippen molar-refractivity contribution in [2.24, 2.45) is 0 Å². The maximum absolute atomic E-state index is 12.5. The number of benzene rings is 1. The van der Waals surface area contributed by atoms with Crippen molar-refractivity contribution in [3.8, 4) is 5.69 Å². The van der Waals surface area contributed by atoms with Crippen molar-refractivity contribution < 1.29 is 9.90 Å². The first kappa shape index (κ1) is 15.9. The SMILES string of the molecule is O=C(c1cnn(-c2cccc(Cl)c2)n1)N1CCN(CCO)CC1. The maximum Gasteiger partial charge on any atom is 0.276 e. The van der Waals surface area contributed by atoms with Crippen LogP contribution >= 0.6 is 11.6 Å². The predicted molar refractivity (Wildman–Crippen MR) is 85.8 cm³/mol. The van der Waals surface area contributed by atoms with Gasteiger partial charge < -0.3 is 10.0 Å². The lowest BCUT2D eigenvalue weighted by atomic mass is 10.3. The maximum atomic E-state index is 12.5. The Morgan fingerprint density at radius 2 is 2.04 bits per heavy atom. The van der Waals surface area contributed by atoms with Crippen LogP contribution in [0.1, 0.15) is 10.5 Å². The molecule has 1 fully saturated rings. The second-order valence-electron chi connectivity index (χ2n) is 5.36. The Labute approximate surface area is 139 Å². The Morgan fingerprint density at radius 3 is 2.74 bits per heavy atom. The normalized spacial score (nSPS) is 15.8. The smallest absolute Gasteiger partial charge is 0.276 e. The zero-order valence-corrected chi connectivity index (χ0v) is 13.4. The van der Waals surface area contributed by atoms with Gasteiger partial charge in [-0.1, -0.05) is 17.7 Å². The van der Waals surface area contributed by atoms with Gasteiger partial charge in [-0.15, -0.1) is 5.10 Å². The van der Waals surface area contributed by atoms with E-state index in [1.807, 2.05) is 12.1 Å². The van der Waals surface area contributed by atoms with Crippen LogP contribution < -0.4 is 0 Å². The third kappa shape index (κ3) is 3.69. The summed E-state index contributed by atoms with van der Waals surface area (Å²) in [6, 6.07) is 7.15. The van der Waals surface area contributed by atoms with E-state index in [0.29, 0.717) is 36.0 Å². The van der Waals surface area contributed by atoms with Gasteiger partial charge in [0.05, 0.1) is 18.5 Å². The molecular weight excluding hydrogens is 318 g/mol. The van der Waals surface area contributed by atoms with Gasteiger partial charge in [-0.05, 0) is 18.2 Å². The molecule has 7 nitrogen and oxygen atoms in total. The first-order chi connectivity index (χ1) is 11.2. The van der Waals surface area contributed by atoms with Crippen LogP contribution in [0.25, 0.3) is 5.69 Å². The quantitative estimate of drug-likeness (QED) is 0.889. The number of hydrogen-bond donors (Lipinski definition) is 1. The van der Waals surface area contributed by atoms with Crippen LogP contribution in [0.15, 0.2) is 30.5 Å². The number of rotatable bonds is 4. The molecule has 1 aliphatic rings. The highest BCUT2D eigenvalue weighted by Crippen LogP contribution is 2.14. The summed E-state index contributed by atoms with van der Waals surface area (Å²) >= 11 is 5.96. The molecule has 1 aromatic carbocycles. The van der Waals surface area contributed by atoms with Crippen LogP contribution in [-0.2, 0) is 0 Å². The van der Waals surface area contributed by atoms with Crippen molar-refractivity contribution in [3.63, 3.8) is 0 Å². The molecule has 3 rings (SSSR count). The molecule has 2 heterocycles. The molecule has 8 heteroatoms. The van der Waals surface area contributed by atoms with E-state index in [-0.39, 0.29) is 12.5 Å². The van der Waals surface area contributed by atoms with Gasteiger partial charge in [0.1, 0.15) is 0 Å². The van der Waals surface area contributed by atoms with Crippen LogP contribution in [-0.4, -0.2) is 75.1 Å². The average Bonchev–Trinajstić information content (AvgIpc) is 3.05. The molecule has 0 spiro atoms. The van der Waals surface area contributed by atoms with Crippen molar-refractivity contribution in [1.29, 1.82) is 0 Å². The number of aliphatic hydroxyl groups is 1. The van der Waals surface area contributed by atoms with E-state index >= 15 is 0 Å². The molecule has 0 radical (unpaired) electrons. The van der Waals surface area contributed by atoms with Crippen molar-refractivity contribution in [3.05, 3.63) is 41.2 Å². The van der Waals surface area contributed by atoms with E-state index < -0.39 is 0 Å². The average molecular weight is 336 g/mol. The zero-order valence-electron chi connectivity index (χ0n) is 12.6. The summed E-state index contributed by atoms with van der Waals surface area (Å²) in [4.78, 5) is 17.8. The minimum absolute atomic E-state index is 0.123. The molecule has 0 bridgehead atoms. The molecule has 1 N–H and O–H groups in total. The first-order valence-electron chi connectivity index (χ1n) is 7.48. The Hall–Kier alpha value is -1.96. The van der Waals surface area contributed by atoms with Crippen molar-refractivity contribution in [1.82, 2.24) is 24.8 Å². The number of β-amino-alcohol motifs (C(OH)–C–C–N with tert-alkyl or cyclic N) is 1. The van der Waals surface area contributed by atoms with Crippen LogP contribution in [0, 0.1) is 0 Å². The fourth-order valence-electron chi connectivity index (χ4n) is 2.56. The van der Waals surface area contributed by atoms with Gasteiger partial charge in [-0.25, -0.2) is 0 Å². The second kappa shape index (κ2) is 7.08. The van der Waals surface area contributed by atoms with Gasteiger partial charge in [0.25, 0.3) is 5.91 Å². The van der Waals surface area contributed by atoms with E-state index in [4.69, 9.17) is 16.7 Å². The highest BCUT2D eigenvalue weighted by molar-refractivity contribution is 6.30. The molecule has 1 aliphatic heterocycles. The predicted octanol–water partition coefficient (Wildman–Crippen LogP) is 0.671. The zero-order chi connectivity index (χ0) is 16.2. The molecule has 1 amide bonds. The molecular formula is C15H18ClN5O2. The number of aliphatic hydroxyl groups excluding tert-OH is 1. The Morgan fingerprint density at radius 1 is 1.26 bits per heavy atom. The number of amides is 1. The number of nitrogens with zero attached hydrogens (tertiary/aromatic N) is 5. The minimum Gasteiger partial charge on any atom is -0.395 e. The molecule has 0 atom stereocenters. The third-order valence-electron chi connectivity index (χ3n) is 3.83. The molecule has 0 aliphatic carbocycles. The summed E-state index contributed by atoms with van der Waals surface area (Å²) in [6.45, 7) is 3.56. The van der Waals surface area contributed by atoms with Crippen LogP contribution in [0.5, 0.6) is 0 Å². The first-order valence-corrected chi connectivity index (χ1v) is 7.86. The third-order valence-corrected chi connectivity index (χ3v) is 4.06. The lowest BCUT2D eigenvalue weighted by Crippen LogP contribution is -2.49. The number of carbonyl (C=O) groups is 1. The monoisotopic (exact) mass is 335 g/mol. The summed E-state index contributed by atoms with van der Waals surface area (Å²) in [5.74, 6) is -0.123.